The highest BCUT2D eigenvalue weighted by Crippen LogP contribution is 2.35. The first-order chi connectivity index (χ1) is 10.0. The van der Waals surface area contributed by atoms with Gasteiger partial charge in [0.15, 0.2) is 0 Å². The highest BCUT2D eigenvalue weighted by Gasteiger charge is 2.11. The number of rotatable bonds is 5. The van der Waals surface area contributed by atoms with Crippen molar-refractivity contribution in [1.29, 1.82) is 0 Å². The van der Waals surface area contributed by atoms with E-state index in [0.29, 0.717) is 23.0 Å². The van der Waals surface area contributed by atoms with Gasteiger partial charge in [0.1, 0.15) is 0 Å². The second-order valence-electron chi connectivity index (χ2n) is 5.36. The summed E-state index contributed by atoms with van der Waals surface area (Å²) in [5.41, 5.74) is 9.93. The van der Waals surface area contributed by atoms with Gasteiger partial charge >= 0.3 is 0 Å². The first-order valence-corrected chi connectivity index (χ1v) is 7.69. The van der Waals surface area contributed by atoms with Crippen LogP contribution in [-0.4, -0.2) is 25.5 Å². The minimum absolute atomic E-state index is 0.532. The van der Waals surface area contributed by atoms with Gasteiger partial charge in [-0.3, -0.25) is 0 Å². The summed E-state index contributed by atoms with van der Waals surface area (Å²) in [4.78, 5) is 2.14. The van der Waals surface area contributed by atoms with E-state index in [-0.39, 0.29) is 0 Å². The molecular formula is C17H20Cl2N2. The number of nitrogens with two attached hydrogens (primary N) is 1. The molecule has 0 saturated heterocycles. The fourth-order valence-electron chi connectivity index (χ4n) is 2.35. The third kappa shape index (κ3) is 3.98. The Morgan fingerprint density at radius 3 is 2.24 bits per heavy atom. The van der Waals surface area contributed by atoms with E-state index >= 15 is 0 Å². The quantitative estimate of drug-likeness (QED) is 0.892. The van der Waals surface area contributed by atoms with Gasteiger partial charge in [-0.25, -0.2) is 0 Å². The molecule has 0 heterocycles. The Kier molecular flexibility index (Phi) is 5.65. The third-order valence-corrected chi connectivity index (χ3v) is 4.13. The summed E-state index contributed by atoms with van der Waals surface area (Å²) in [6.07, 6.45) is 0.685. The zero-order valence-corrected chi connectivity index (χ0v) is 13.9. The smallest absolute Gasteiger partial charge is 0.0531 e. The summed E-state index contributed by atoms with van der Waals surface area (Å²) in [5, 5.41) is 1.38. The van der Waals surface area contributed by atoms with Gasteiger partial charge < -0.3 is 10.6 Å². The molecule has 0 bridgehead atoms. The Balaban J connectivity index is 2.35. The molecule has 2 N–H and O–H groups in total. The number of hydrogen-bond acceptors (Lipinski definition) is 2. The van der Waals surface area contributed by atoms with E-state index in [1.807, 2.05) is 12.1 Å². The first kappa shape index (κ1) is 16.3. The molecule has 0 radical (unpaired) electrons. The largest absolute Gasteiger partial charge is 0.330 e. The van der Waals surface area contributed by atoms with E-state index in [4.69, 9.17) is 28.9 Å². The molecule has 0 atom stereocenters. The lowest BCUT2D eigenvalue weighted by Gasteiger charge is -2.13. The predicted octanol–water partition coefficient (Wildman–Crippen LogP) is 4.22. The van der Waals surface area contributed by atoms with Crippen molar-refractivity contribution in [3.63, 3.8) is 0 Å². The van der Waals surface area contributed by atoms with Crippen LogP contribution in [0.5, 0.6) is 0 Å². The summed E-state index contributed by atoms with van der Waals surface area (Å²) in [5.74, 6) is 0. The van der Waals surface area contributed by atoms with Gasteiger partial charge in [0.05, 0.1) is 5.02 Å². The Morgan fingerprint density at radius 1 is 1.00 bits per heavy atom. The lowest BCUT2D eigenvalue weighted by atomic mass is 10.00. The van der Waals surface area contributed by atoms with Crippen LogP contribution in [0.4, 0.5) is 0 Å². The molecule has 0 aromatic heterocycles. The fraction of sp³-hybridized carbons (Fsp3) is 0.294. The maximum atomic E-state index is 6.50. The number of hydrogen-bond donors (Lipinski definition) is 1. The van der Waals surface area contributed by atoms with Crippen LogP contribution in [0, 0.1) is 0 Å². The molecule has 0 spiro atoms. The van der Waals surface area contributed by atoms with Crippen LogP contribution in [0.25, 0.3) is 11.1 Å². The minimum atomic E-state index is 0.532. The van der Waals surface area contributed by atoms with Crippen molar-refractivity contribution >= 4 is 23.2 Å². The van der Waals surface area contributed by atoms with Crippen molar-refractivity contribution in [2.24, 2.45) is 5.73 Å². The monoisotopic (exact) mass is 322 g/mol. The van der Waals surface area contributed by atoms with Crippen LogP contribution in [0.1, 0.15) is 11.1 Å². The molecule has 0 aliphatic heterocycles. The Hall–Kier alpha value is -1.06. The SMILES string of the molecule is CN(C)Cc1ccc(-c2ccc(Cl)c(CCN)c2Cl)cc1. The number of nitrogens with zero attached hydrogens (tertiary/aromatic N) is 1. The van der Waals surface area contributed by atoms with Crippen LogP contribution in [0.15, 0.2) is 36.4 Å². The van der Waals surface area contributed by atoms with Gasteiger partial charge in [0, 0.05) is 17.1 Å². The lowest BCUT2D eigenvalue weighted by molar-refractivity contribution is 0.402. The van der Waals surface area contributed by atoms with E-state index in [2.05, 4.69) is 43.3 Å². The van der Waals surface area contributed by atoms with E-state index in [1.165, 1.54) is 5.56 Å². The van der Waals surface area contributed by atoms with E-state index < -0.39 is 0 Å². The topological polar surface area (TPSA) is 29.3 Å². The van der Waals surface area contributed by atoms with Crippen LogP contribution >= 0.6 is 23.2 Å². The molecule has 2 aromatic carbocycles. The Labute approximate surface area is 136 Å². The van der Waals surface area contributed by atoms with Crippen molar-refractivity contribution in [2.75, 3.05) is 20.6 Å². The molecule has 112 valence electrons. The minimum Gasteiger partial charge on any atom is -0.330 e. The van der Waals surface area contributed by atoms with Gasteiger partial charge in [-0.05, 0) is 49.8 Å². The van der Waals surface area contributed by atoms with E-state index in [1.54, 1.807) is 0 Å². The van der Waals surface area contributed by atoms with Gasteiger partial charge in [-0.15, -0.1) is 0 Å². The standard InChI is InChI=1S/C17H20Cl2N2/c1-21(2)11-12-3-5-13(6-4-12)14-7-8-16(18)15(9-10-20)17(14)19/h3-8H,9-11,20H2,1-2H3. The maximum absolute atomic E-state index is 6.50. The van der Waals surface area contributed by atoms with Gasteiger partial charge in [0.2, 0.25) is 0 Å². The van der Waals surface area contributed by atoms with Crippen molar-refractivity contribution in [1.82, 2.24) is 4.90 Å². The van der Waals surface area contributed by atoms with Crippen molar-refractivity contribution in [3.05, 3.63) is 57.6 Å². The highest BCUT2D eigenvalue weighted by atomic mass is 35.5. The molecule has 0 saturated carbocycles. The second-order valence-corrected chi connectivity index (χ2v) is 6.15. The van der Waals surface area contributed by atoms with Crippen molar-refractivity contribution in [2.45, 2.75) is 13.0 Å². The third-order valence-electron chi connectivity index (χ3n) is 3.34. The average Bonchev–Trinajstić information content (AvgIpc) is 2.44. The molecule has 0 fully saturated rings. The van der Waals surface area contributed by atoms with Crippen LogP contribution in [0.3, 0.4) is 0 Å². The zero-order valence-electron chi connectivity index (χ0n) is 12.4. The molecule has 0 aliphatic rings. The van der Waals surface area contributed by atoms with Crippen LogP contribution in [0.2, 0.25) is 10.0 Å². The molecule has 0 unspecified atom stereocenters. The second kappa shape index (κ2) is 7.28. The van der Waals surface area contributed by atoms with E-state index in [0.717, 1.165) is 23.2 Å². The average molecular weight is 323 g/mol. The summed E-state index contributed by atoms with van der Waals surface area (Å²) in [6.45, 7) is 1.46. The van der Waals surface area contributed by atoms with Crippen LogP contribution < -0.4 is 5.73 Å². The highest BCUT2D eigenvalue weighted by molar-refractivity contribution is 6.37. The van der Waals surface area contributed by atoms with Gasteiger partial charge in [0.25, 0.3) is 0 Å². The Bertz CT molecular complexity index is 607. The molecule has 2 rings (SSSR count). The van der Waals surface area contributed by atoms with Crippen molar-refractivity contribution < 1.29 is 0 Å². The van der Waals surface area contributed by atoms with Gasteiger partial charge in [-0.2, -0.15) is 0 Å². The zero-order chi connectivity index (χ0) is 15.4. The molecule has 0 amide bonds. The summed E-state index contributed by atoms with van der Waals surface area (Å²) in [7, 11) is 4.12. The molecular weight excluding hydrogens is 303 g/mol. The lowest BCUT2D eigenvalue weighted by Crippen LogP contribution is -2.10. The fourth-order valence-corrected chi connectivity index (χ4v) is 3.02. The van der Waals surface area contributed by atoms with E-state index in [9.17, 15) is 0 Å². The normalized spacial score (nSPS) is 11.1. The molecule has 2 nitrogen and oxygen atoms in total. The predicted molar refractivity (Wildman–Crippen MR) is 92.0 cm³/mol. The molecule has 21 heavy (non-hydrogen) atoms. The van der Waals surface area contributed by atoms with Crippen LogP contribution in [-0.2, 0) is 13.0 Å². The maximum Gasteiger partial charge on any atom is 0.0531 e. The number of halogens is 2. The van der Waals surface area contributed by atoms with Crippen molar-refractivity contribution in [3.8, 4) is 11.1 Å². The summed E-state index contributed by atoms with van der Waals surface area (Å²) in [6, 6.07) is 12.3. The summed E-state index contributed by atoms with van der Waals surface area (Å²) < 4.78 is 0. The number of benzene rings is 2. The molecule has 0 aliphatic carbocycles. The summed E-state index contributed by atoms with van der Waals surface area (Å²) >= 11 is 12.7. The molecule has 4 heteroatoms. The Morgan fingerprint density at radius 2 is 1.67 bits per heavy atom. The van der Waals surface area contributed by atoms with Gasteiger partial charge in [-0.1, -0.05) is 53.5 Å². The first-order valence-electron chi connectivity index (χ1n) is 6.94. The molecule has 2 aromatic rings.